The van der Waals surface area contributed by atoms with Gasteiger partial charge in [-0.15, -0.1) is 0 Å². The lowest BCUT2D eigenvalue weighted by atomic mass is 10.1. The first-order chi connectivity index (χ1) is 15.3. The van der Waals surface area contributed by atoms with Gasteiger partial charge in [0.25, 0.3) is 11.8 Å². The molecular weight excluding hydrogens is 412 g/mol. The molecule has 0 aromatic heterocycles. The average Bonchev–Trinajstić information content (AvgIpc) is 3.32. The molecule has 0 bridgehead atoms. The minimum absolute atomic E-state index is 0.0561. The van der Waals surface area contributed by atoms with Crippen LogP contribution in [0, 0.1) is 5.41 Å². The molecule has 1 unspecified atom stereocenters. The Morgan fingerprint density at radius 2 is 1.72 bits per heavy atom. The molecule has 1 aliphatic heterocycles. The van der Waals surface area contributed by atoms with Gasteiger partial charge in [-0.3, -0.25) is 19.8 Å². The fraction of sp³-hybridized carbons (Fsp3) is 0.304. The Morgan fingerprint density at radius 3 is 2.34 bits per heavy atom. The number of carbonyl (C=O) groups excluding carboxylic acids is 2. The lowest BCUT2D eigenvalue weighted by molar-refractivity contribution is -0.137. The van der Waals surface area contributed by atoms with Crippen molar-refractivity contribution in [2.75, 3.05) is 19.7 Å². The Balaban J connectivity index is 1.62. The molecule has 3 rings (SSSR count). The number of nitrogens with two attached hydrogens (primary N) is 1. The lowest BCUT2D eigenvalue weighted by Gasteiger charge is -2.18. The van der Waals surface area contributed by atoms with E-state index >= 15 is 0 Å². The number of aliphatic carboxylic acids is 1. The second-order valence-corrected chi connectivity index (χ2v) is 7.60. The third kappa shape index (κ3) is 6.07. The Morgan fingerprint density at radius 1 is 1.06 bits per heavy atom. The van der Waals surface area contributed by atoms with Crippen molar-refractivity contribution in [3.05, 3.63) is 65.2 Å². The second-order valence-electron chi connectivity index (χ2n) is 7.60. The number of nitrogens with zero attached hydrogens (tertiary/aromatic N) is 1. The van der Waals surface area contributed by atoms with Crippen LogP contribution in [0.15, 0.2) is 48.5 Å². The molecule has 5 N–H and O–H groups in total. The normalized spacial score (nSPS) is 13.9. The Kier molecular flexibility index (Phi) is 7.43. The number of ether oxygens (including phenoxy) is 1. The van der Waals surface area contributed by atoms with Gasteiger partial charge in [0.1, 0.15) is 18.2 Å². The summed E-state index contributed by atoms with van der Waals surface area (Å²) in [5.74, 6) is -1.30. The van der Waals surface area contributed by atoms with Gasteiger partial charge in [-0.2, -0.15) is 0 Å². The van der Waals surface area contributed by atoms with Crippen molar-refractivity contribution < 1.29 is 24.2 Å². The van der Waals surface area contributed by atoms with E-state index in [1.807, 2.05) is 0 Å². The molecule has 0 spiro atoms. The first kappa shape index (κ1) is 22.8. The summed E-state index contributed by atoms with van der Waals surface area (Å²) in [5, 5.41) is 19.3. The Hall–Kier alpha value is -3.88. The maximum Gasteiger partial charge on any atom is 0.305 e. The van der Waals surface area contributed by atoms with E-state index in [1.54, 1.807) is 53.4 Å². The molecule has 1 aliphatic rings. The summed E-state index contributed by atoms with van der Waals surface area (Å²) in [6.45, 7) is 1.41. The largest absolute Gasteiger partial charge is 0.491 e. The van der Waals surface area contributed by atoms with E-state index < -0.39 is 17.9 Å². The summed E-state index contributed by atoms with van der Waals surface area (Å²) < 4.78 is 5.62. The molecule has 2 aromatic carbocycles. The van der Waals surface area contributed by atoms with Crippen LogP contribution in [0.3, 0.4) is 0 Å². The predicted octanol–water partition coefficient (Wildman–Crippen LogP) is 1.86. The van der Waals surface area contributed by atoms with Crippen LogP contribution < -0.4 is 15.8 Å². The van der Waals surface area contributed by atoms with Crippen molar-refractivity contribution in [1.82, 2.24) is 10.2 Å². The first-order valence-corrected chi connectivity index (χ1v) is 10.3. The topological polar surface area (TPSA) is 146 Å². The predicted molar refractivity (Wildman–Crippen MR) is 118 cm³/mol. The number of likely N-dealkylation sites (tertiary alicyclic amines) is 1. The maximum atomic E-state index is 12.6. The minimum Gasteiger partial charge on any atom is -0.491 e. The molecule has 1 atom stereocenters. The van der Waals surface area contributed by atoms with Gasteiger partial charge in [0.15, 0.2) is 0 Å². The molecule has 0 aliphatic carbocycles. The summed E-state index contributed by atoms with van der Waals surface area (Å²) >= 11 is 0. The second kappa shape index (κ2) is 10.4. The number of carboxylic acid groups (broad SMARTS) is 1. The highest BCUT2D eigenvalue weighted by Crippen LogP contribution is 2.15. The SMILES string of the molecule is N=C(N)c1cccc(OCC(CC(=O)O)NC(=O)c2ccc(C(=O)N3CCCC3)cc2)c1. The fourth-order valence-electron chi connectivity index (χ4n) is 3.45. The quantitative estimate of drug-likeness (QED) is 0.347. The summed E-state index contributed by atoms with van der Waals surface area (Å²) in [6.07, 6.45) is 1.67. The Bertz CT molecular complexity index is 1000. The highest BCUT2D eigenvalue weighted by molar-refractivity contribution is 5.98. The van der Waals surface area contributed by atoms with Crippen molar-refractivity contribution in [2.45, 2.75) is 25.3 Å². The van der Waals surface area contributed by atoms with E-state index in [-0.39, 0.29) is 24.8 Å². The maximum absolute atomic E-state index is 12.6. The average molecular weight is 438 g/mol. The monoisotopic (exact) mass is 438 g/mol. The van der Waals surface area contributed by atoms with Crippen molar-refractivity contribution in [3.8, 4) is 5.75 Å². The summed E-state index contributed by atoms with van der Waals surface area (Å²) in [7, 11) is 0. The number of nitrogens with one attached hydrogen (secondary N) is 2. The summed E-state index contributed by atoms with van der Waals surface area (Å²) in [5.41, 5.74) is 6.78. The van der Waals surface area contributed by atoms with Crippen LogP contribution in [0.25, 0.3) is 0 Å². The van der Waals surface area contributed by atoms with Crippen molar-refractivity contribution in [2.24, 2.45) is 5.73 Å². The molecule has 1 saturated heterocycles. The van der Waals surface area contributed by atoms with Crippen LogP contribution in [0.2, 0.25) is 0 Å². The molecule has 9 nitrogen and oxygen atoms in total. The van der Waals surface area contributed by atoms with Gasteiger partial charge >= 0.3 is 5.97 Å². The molecule has 9 heteroatoms. The van der Waals surface area contributed by atoms with Crippen LogP contribution in [0.4, 0.5) is 0 Å². The molecule has 32 heavy (non-hydrogen) atoms. The van der Waals surface area contributed by atoms with Gasteiger partial charge in [0, 0.05) is 29.8 Å². The highest BCUT2D eigenvalue weighted by atomic mass is 16.5. The first-order valence-electron chi connectivity index (χ1n) is 10.3. The number of carbonyl (C=O) groups is 3. The van der Waals surface area contributed by atoms with Gasteiger partial charge in [-0.05, 0) is 49.2 Å². The molecule has 1 fully saturated rings. The number of hydrogen-bond acceptors (Lipinski definition) is 5. The van der Waals surface area contributed by atoms with Crippen LogP contribution in [-0.4, -0.2) is 59.4 Å². The number of amidine groups is 1. The van der Waals surface area contributed by atoms with E-state index in [0.717, 1.165) is 25.9 Å². The van der Waals surface area contributed by atoms with Crippen molar-refractivity contribution in [3.63, 3.8) is 0 Å². The van der Waals surface area contributed by atoms with Gasteiger partial charge in [-0.25, -0.2) is 0 Å². The molecule has 0 saturated carbocycles. The molecule has 2 amide bonds. The molecular formula is C23H26N4O5. The molecule has 1 heterocycles. The van der Waals surface area contributed by atoms with Gasteiger partial charge < -0.3 is 25.8 Å². The summed E-state index contributed by atoms with van der Waals surface area (Å²) in [4.78, 5) is 38.1. The number of benzene rings is 2. The van der Waals surface area contributed by atoms with Crippen molar-refractivity contribution in [1.29, 1.82) is 5.41 Å². The van der Waals surface area contributed by atoms with E-state index in [2.05, 4.69) is 5.32 Å². The van der Waals surface area contributed by atoms with E-state index in [9.17, 15) is 19.5 Å². The van der Waals surface area contributed by atoms with Crippen LogP contribution in [0.5, 0.6) is 5.75 Å². The molecule has 168 valence electrons. The standard InChI is InChI=1S/C23H26N4O5/c24-21(25)17-4-3-5-19(12-17)32-14-18(13-20(28)29)26-22(30)15-6-8-16(9-7-15)23(31)27-10-1-2-11-27/h3-9,12,18H,1-2,10-11,13-14H2,(H3,24,25)(H,26,30)(H,28,29). The zero-order valence-corrected chi connectivity index (χ0v) is 17.5. The van der Waals surface area contributed by atoms with E-state index in [1.165, 1.54) is 0 Å². The zero-order valence-electron chi connectivity index (χ0n) is 17.5. The third-order valence-corrected chi connectivity index (χ3v) is 5.14. The number of nitrogen functional groups attached to an aromatic ring is 1. The number of amides is 2. The lowest BCUT2D eigenvalue weighted by Crippen LogP contribution is -2.40. The molecule has 2 aromatic rings. The third-order valence-electron chi connectivity index (χ3n) is 5.14. The van der Waals surface area contributed by atoms with Crippen LogP contribution in [-0.2, 0) is 4.79 Å². The zero-order chi connectivity index (χ0) is 23.1. The van der Waals surface area contributed by atoms with Crippen LogP contribution >= 0.6 is 0 Å². The Labute approximate surface area is 185 Å². The van der Waals surface area contributed by atoms with E-state index in [0.29, 0.717) is 22.4 Å². The van der Waals surface area contributed by atoms with Gasteiger partial charge in [-0.1, -0.05) is 12.1 Å². The summed E-state index contributed by atoms with van der Waals surface area (Å²) in [6, 6.07) is 12.1. The smallest absolute Gasteiger partial charge is 0.305 e. The van der Waals surface area contributed by atoms with E-state index in [4.69, 9.17) is 15.9 Å². The highest BCUT2D eigenvalue weighted by Gasteiger charge is 2.21. The fourth-order valence-corrected chi connectivity index (χ4v) is 3.45. The number of carboxylic acids is 1. The van der Waals surface area contributed by atoms with Crippen molar-refractivity contribution >= 4 is 23.6 Å². The minimum atomic E-state index is -1.08. The van der Waals surface area contributed by atoms with Crippen LogP contribution in [0.1, 0.15) is 45.5 Å². The number of hydrogen-bond donors (Lipinski definition) is 4. The van der Waals surface area contributed by atoms with Gasteiger partial charge in [0.05, 0.1) is 12.5 Å². The van der Waals surface area contributed by atoms with Gasteiger partial charge in [0.2, 0.25) is 0 Å². The molecule has 0 radical (unpaired) electrons. The number of rotatable bonds is 9.